The molecule has 2 aliphatic rings. The summed E-state index contributed by atoms with van der Waals surface area (Å²) in [5, 5.41) is 6.69. The third-order valence-electron chi connectivity index (χ3n) is 2.60. The SMILES string of the molecule is O=C(NC1CC1)c1cc(C2=CCCS2)on1. The van der Waals surface area contributed by atoms with Crippen molar-refractivity contribution < 1.29 is 9.32 Å². The van der Waals surface area contributed by atoms with Crippen LogP contribution in [0, 0.1) is 0 Å². The second kappa shape index (κ2) is 3.97. The summed E-state index contributed by atoms with van der Waals surface area (Å²) in [6.45, 7) is 0. The summed E-state index contributed by atoms with van der Waals surface area (Å²) >= 11 is 1.74. The molecule has 0 atom stereocenters. The molecule has 84 valence electrons. The number of aromatic nitrogens is 1. The Labute approximate surface area is 97.4 Å². The van der Waals surface area contributed by atoms with Gasteiger partial charge >= 0.3 is 0 Å². The van der Waals surface area contributed by atoms with Crippen LogP contribution in [-0.2, 0) is 0 Å². The fraction of sp³-hybridized carbons (Fsp3) is 0.455. The average Bonchev–Trinajstić information content (AvgIpc) is 2.84. The van der Waals surface area contributed by atoms with Crippen LogP contribution in [0.2, 0.25) is 0 Å². The summed E-state index contributed by atoms with van der Waals surface area (Å²) in [4.78, 5) is 12.8. The van der Waals surface area contributed by atoms with E-state index in [2.05, 4.69) is 16.5 Å². The summed E-state index contributed by atoms with van der Waals surface area (Å²) in [6.07, 6.45) is 5.34. The number of hydrogen-bond acceptors (Lipinski definition) is 4. The van der Waals surface area contributed by atoms with Gasteiger partial charge in [-0.05, 0) is 19.3 Å². The van der Waals surface area contributed by atoms with Crippen molar-refractivity contribution in [3.05, 3.63) is 23.6 Å². The highest BCUT2D eigenvalue weighted by Gasteiger charge is 2.25. The monoisotopic (exact) mass is 236 g/mol. The highest BCUT2D eigenvalue weighted by Crippen LogP contribution is 2.34. The number of rotatable bonds is 3. The van der Waals surface area contributed by atoms with Crippen LogP contribution in [0.3, 0.4) is 0 Å². The zero-order chi connectivity index (χ0) is 11.0. The quantitative estimate of drug-likeness (QED) is 0.872. The van der Waals surface area contributed by atoms with Gasteiger partial charge in [0.25, 0.3) is 5.91 Å². The minimum Gasteiger partial charge on any atom is -0.355 e. The van der Waals surface area contributed by atoms with E-state index >= 15 is 0 Å². The average molecular weight is 236 g/mol. The molecule has 1 aliphatic carbocycles. The highest BCUT2D eigenvalue weighted by atomic mass is 32.2. The molecule has 0 aromatic carbocycles. The van der Waals surface area contributed by atoms with Gasteiger partial charge in [0.2, 0.25) is 0 Å². The molecule has 1 saturated carbocycles. The van der Waals surface area contributed by atoms with Crippen molar-refractivity contribution in [2.45, 2.75) is 25.3 Å². The van der Waals surface area contributed by atoms with Gasteiger partial charge in [-0.25, -0.2) is 0 Å². The van der Waals surface area contributed by atoms with Crippen molar-refractivity contribution in [2.75, 3.05) is 5.75 Å². The van der Waals surface area contributed by atoms with Gasteiger partial charge < -0.3 is 9.84 Å². The van der Waals surface area contributed by atoms with E-state index in [1.165, 1.54) is 0 Å². The molecule has 0 saturated heterocycles. The molecule has 0 unspecified atom stereocenters. The summed E-state index contributed by atoms with van der Waals surface area (Å²) < 4.78 is 5.17. The summed E-state index contributed by atoms with van der Waals surface area (Å²) in [7, 11) is 0. The predicted molar refractivity (Wildman–Crippen MR) is 62.0 cm³/mol. The Morgan fingerprint density at radius 3 is 3.12 bits per heavy atom. The van der Waals surface area contributed by atoms with Crippen LogP contribution >= 0.6 is 11.8 Å². The standard InChI is InChI=1S/C11H12N2O2S/c14-11(12-7-3-4-7)8-6-9(15-13-8)10-2-1-5-16-10/h2,6-7H,1,3-5H2,(H,12,14). The van der Waals surface area contributed by atoms with Gasteiger partial charge in [0.05, 0.1) is 0 Å². The van der Waals surface area contributed by atoms with Crippen molar-refractivity contribution in [3.63, 3.8) is 0 Å². The first-order valence-corrected chi connectivity index (χ1v) is 6.42. The number of allylic oxidation sites excluding steroid dienone is 1. The fourth-order valence-electron chi connectivity index (χ4n) is 1.57. The minimum absolute atomic E-state index is 0.124. The van der Waals surface area contributed by atoms with E-state index in [4.69, 9.17) is 4.52 Å². The Kier molecular flexibility index (Phi) is 2.47. The minimum atomic E-state index is -0.124. The van der Waals surface area contributed by atoms with Crippen LogP contribution in [0.15, 0.2) is 16.7 Å². The zero-order valence-corrected chi connectivity index (χ0v) is 9.55. The van der Waals surface area contributed by atoms with Crippen LogP contribution in [-0.4, -0.2) is 22.9 Å². The number of nitrogens with one attached hydrogen (secondary N) is 1. The highest BCUT2D eigenvalue weighted by molar-refractivity contribution is 8.08. The van der Waals surface area contributed by atoms with Crippen molar-refractivity contribution in [2.24, 2.45) is 0 Å². The molecular formula is C11H12N2O2S. The van der Waals surface area contributed by atoms with Gasteiger partial charge in [-0.1, -0.05) is 11.2 Å². The van der Waals surface area contributed by atoms with E-state index in [-0.39, 0.29) is 5.91 Å². The number of carbonyl (C=O) groups is 1. The second-order valence-electron chi connectivity index (χ2n) is 4.03. The number of hydrogen-bond donors (Lipinski definition) is 1. The fourth-order valence-corrected chi connectivity index (χ4v) is 2.50. The summed E-state index contributed by atoms with van der Waals surface area (Å²) in [5.41, 5.74) is 0.385. The van der Waals surface area contributed by atoms with E-state index in [9.17, 15) is 4.79 Å². The molecule has 1 aromatic heterocycles. The Morgan fingerprint density at radius 2 is 2.44 bits per heavy atom. The molecule has 1 N–H and O–H groups in total. The summed E-state index contributed by atoms with van der Waals surface area (Å²) in [5.74, 6) is 1.67. The van der Waals surface area contributed by atoms with Gasteiger partial charge in [0.1, 0.15) is 0 Å². The van der Waals surface area contributed by atoms with Crippen molar-refractivity contribution in [1.29, 1.82) is 0 Å². The summed E-state index contributed by atoms with van der Waals surface area (Å²) in [6, 6.07) is 2.08. The Hall–Kier alpha value is -1.23. The number of nitrogens with zero attached hydrogens (tertiary/aromatic N) is 1. The number of carbonyl (C=O) groups excluding carboxylic acids is 1. The molecule has 1 amide bonds. The lowest BCUT2D eigenvalue weighted by molar-refractivity contribution is 0.0942. The maximum atomic E-state index is 11.7. The molecule has 0 radical (unpaired) electrons. The van der Waals surface area contributed by atoms with E-state index in [0.29, 0.717) is 17.5 Å². The lowest BCUT2D eigenvalue weighted by atomic mass is 10.3. The maximum absolute atomic E-state index is 11.7. The molecule has 3 rings (SSSR count). The third-order valence-corrected chi connectivity index (χ3v) is 3.72. The zero-order valence-electron chi connectivity index (χ0n) is 8.73. The van der Waals surface area contributed by atoms with Crippen LogP contribution in [0.4, 0.5) is 0 Å². The number of thioether (sulfide) groups is 1. The van der Waals surface area contributed by atoms with E-state index in [1.807, 2.05) is 0 Å². The predicted octanol–water partition coefficient (Wildman–Crippen LogP) is 2.04. The first-order valence-electron chi connectivity index (χ1n) is 5.44. The Balaban J connectivity index is 1.73. The van der Waals surface area contributed by atoms with Crippen molar-refractivity contribution in [3.8, 4) is 0 Å². The van der Waals surface area contributed by atoms with E-state index < -0.39 is 0 Å². The van der Waals surface area contributed by atoms with Gasteiger partial charge in [0, 0.05) is 22.8 Å². The Morgan fingerprint density at radius 1 is 1.56 bits per heavy atom. The van der Waals surface area contributed by atoms with E-state index in [1.54, 1.807) is 17.8 Å². The third kappa shape index (κ3) is 2.00. The Bertz CT molecular complexity index is 449. The molecule has 16 heavy (non-hydrogen) atoms. The normalized spacial score (nSPS) is 19.6. The van der Waals surface area contributed by atoms with Crippen LogP contribution in [0.5, 0.6) is 0 Å². The van der Waals surface area contributed by atoms with Gasteiger partial charge in [-0.3, -0.25) is 4.79 Å². The largest absolute Gasteiger partial charge is 0.355 e. The first-order chi connectivity index (χ1) is 7.83. The molecule has 5 heteroatoms. The molecule has 0 spiro atoms. The van der Waals surface area contributed by atoms with Crippen LogP contribution in [0.1, 0.15) is 35.5 Å². The maximum Gasteiger partial charge on any atom is 0.273 e. The molecule has 1 aromatic rings. The molecule has 1 fully saturated rings. The van der Waals surface area contributed by atoms with Crippen molar-refractivity contribution in [1.82, 2.24) is 10.5 Å². The number of amides is 1. The lowest BCUT2D eigenvalue weighted by Crippen LogP contribution is -2.25. The smallest absolute Gasteiger partial charge is 0.273 e. The second-order valence-corrected chi connectivity index (χ2v) is 5.17. The molecule has 4 nitrogen and oxygen atoms in total. The van der Waals surface area contributed by atoms with Crippen LogP contribution in [0.25, 0.3) is 4.91 Å². The van der Waals surface area contributed by atoms with Crippen molar-refractivity contribution >= 4 is 22.6 Å². The molecule has 1 aliphatic heterocycles. The molecule has 0 bridgehead atoms. The van der Waals surface area contributed by atoms with Crippen LogP contribution < -0.4 is 5.32 Å². The van der Waals surface area contributed by atoms with Gasteiger partial charge in [-0.15, -0.1) is 11.8 Å². The molecule has 2 heterocycles. The van der Waals surface area contributed by atoms with Gasteiger partial charge in [0.15, 0.2) is 11.5 Å². The topological polar surface area (TPSA) is 55.1 Å². The first kappa shape index (κ1) is 9.96. The lowest BCUT2D eigenvalue weighted by Gasteiger charge is -1.96. The molecular weight excluding hydrogens is 224 g/mol. The van der Waals surface area contributed by atoms with E-state index in [0.717, 1.165) is 29.9 Å². The van der Waals surface area contributed by atoms with Gasteiger partial charge in [-0.2, -0.15) is 0 Å².